The predicted molar refractivity (Wildman–Crippen MR) is 87.0 cm³/mol. The fraction of sp³-hybridized carbons (Fsp3) is 0.188. The maximum absolute atomic E-state index is 12.4. The minimum atomic E-state index is -1.26. The maximum Gasteiger partial charge on any atom is 0.336 e. The number of carbonyl (C=O) groups is 1. The molecule has 2 aromatic carbocycles. The minimum Gasteiger partial charge on any atom is -0.478 e. The van der Waals surface area contributed by atoms with Gasteiger partial charge in [-0.25, -0.2) is 4.79 Å². The van der Waals surface area contributed by atoms with Gasteiger partial charge in [0.05, 0.1) is 22.1 Å². The van der Waals surface area contributed by atoms with E-state index in [4.69, 9.17) is 5.11 Å². The Balaban J connectivity index is 2.19. The van der Waals surface area contributed by atoms with E-state index in [1.54, 1.807) is 12.1 Å². The third-order valence-electron chi connectivity index (χ3n) is 3.16. The lowest BCUT2D eigenvalue weighted by atomic mass is 10.1. The smallest absolute Gasteiger partial charge is 0.336 e. The van der Waals surface area contributed by atoms with Gasteiger partial charge in [-0.05, 0) is 51.7 Å². The van der Waals surface area contributed by atoms with Crippen molar-refractivity contribution in [1.29, 1.82) is 0 Å². The van der Waals surface area contributed by atoms with Crippen LogP contribution in [0.3, 0.4) is 0 Å². The largest absolute Gasteiger partial charge is 0.478 e. The number of carboxylic acid groups (broad SMARTS) is 1. The fourth-order valence-electron chi connectivity index (χ4n) is 1.92. The number of aromatic carboxylic acids is 1. The summed E-state index contributed by atoms with van der Waals surface area (Å²) in [5.74, 6) is -0.655. The van der Waals surface area contributed by atoms with Gasteiger partial charge in [-0.1, -0.05) is 31.2 Å². The Kier molecular flexibility index (Phi) is 5.31. The number of halogens is 1. The molecule has 1 atom stereocenters. The summed E-state index contributed by atoms with van der Waals surface area (Å²) in [6.07, 6.45) is 0.970. The second-order valence-corrected chi connectivity index (χ2v) is 6.91. The van der Waals surface area contributed by atoms with E-state index in [1.807, 2.05) is 24.3 Å². The molecule has 0 saturated heterocycles. The normalized spacial score (nSPS) is 12.1. The molecule has 0 aliphatic rings. The van der Waals surface area contributed by atoms with Crippen LogP contribution in [0, 0.1) is 0 Å². The van der Waals surface area contributed by atoms with E-state index in [0.29, 0.717) is 15.1 Å². The van der Waals surface area contributed by atoms with Crippen molar-refractivity contribution in [3.8, 4) is 0 Å². The molecule has 0 aromatic heterocycles. The molecule has 1 N–H and O–H groups in total. The van der Waals surface area contributed by atoms with Gasteiger partial charge in [0, 0.05) is 9.37 Å². The molecule has 0 aliphatic carbocycles. The first-order chi connectivity index (χ1) is 10.0. The molecule has 2 rings (SSSR count). The SMILES string of the molecule is CCc1ccc(CS(=O)c2ccc(Br)c(C(=O)O)c2)cc1. The zero-order valence-corrected chi connectivity index (χ0v) is 13.9. The summed E-state index contributed by atoms with van der Waals surface area (Å²) in [6, 6.07) is 12.8. The first-order valence-corrected chi connectivity index (χ1v) is 8.61. The van der Waals surface area contributed by atoms with Crippen LogP contribution in [0.1, 0.15) is 28.4 Å². The topological polar surface area (TPSA) is 54.4 Å². The Morgan fingerprint density at radius 2 is 1.76 bits per heavy atom. The highest BCUT2D eigenvalue weighted by atomic mass is 79.9. The number of carboxylic acids is 1. The highest BCUT2D eigenvalue weighted by Crippen LogP contribution is 2.21. The molecule has 5 heteroatoms. The van der Waals surface area contributed by atoms with E-state index >= 15 is 0 Å². The Labute approximate surface area is 134 Å². The molecule has 0 bridgehead atoms. The van der Waals surface area contributed by atoms with Gasteiger partial charge in [-0.15, -0.1) is 0 Å². The van der Waals surface area contributed by atoms with Crippen LogP contribution in [0.25, 0.3) is 0 Å². The zero-order valence-electron chi connectivity index (χ0n) is 11.5. The summed E-state index contributed by atoms with van der Waals surface area (Å²) >= 11 is 3.18. The zero-order chi connectivity index (χ0) is 15.4. The molecule has 0 aliphatic heterocycles. The van der Waals surface area contributed by atoms with Gasteiger partial charge in [0.25, 0.3) is 0 Å². The van der Waals surface area contributed by atoms with Crippen LogP contribution in [0.15, 0.2) is 51.8 Å². The van der Waals surface area contributed by atoms with Gasteiger partial charge in [0.15, 0.2) is 0 Å². The van der Waals surface area contributed by atoms with Crippen LogP contribution in [0.5, 0.6) is 0 Å². The number of aryl methyl sites for hydroxylation is 1. The fourth-order valence-corrected chi connectivity index (χ4v) is 3.46. The van der Waals surface area contributed by atoms with E-state index in [0.717, 1.165) is 12.0 Å². The molecular formula is C16H15BrO3S. The molecule has 1 unspecified atom stereocenters. The molecule has 0 radical (unpaired) electrons. The predicted octanol–water partition coefficient (Wildman–Crippen LogP) is 4.02. The second-order valence-electron chi connectivity index (χ2n) is 4.61. The Morgan fingerprint density at radius 1 is 1.14 bits per heavy atom. The first-order valence-electron chi connectivity index (χ1n) is 6.50. The van der Waals surface area contributed by atoms with Gasteiger partial charge >= 0.3 is 5.97 Å². The van der Waals surface area contributed by atoms with Crippen LogP contribution >= 0.6 is 15.9 Å². The summed E-state index contributed by atoms with van der Waals surface area (Å²) in [7, 11) is -1.26. The van der Waals surface area contributed by atoms with Crippen LogP contribution in [-0.4, -0.2) is 15.3 Å². The summed E-state index contributed by atoms with van der Waals surface area (Å²) in [5.41, 5.74) is 2.34. The van der Waals surface area contributed by atoms with Gasteiger partial charge in [0.2, 0.25) is 0 Å². The Morgan fingerprint density at radius 3 is 2.33 bits per heavy atom. The van der Waals surface area contributed by atoms with Crippen molar-refractivity contribution in [3.63, 3.8) is 0 Å². The molecule has 2 aromatic rings. The van der Waals surface area contributed by atoms with E-state index in [9.17, 15) is 9.00 Å². The number of hydrogen-bond donors (Lipinski definition) is 1. The van der Waals surface area contributed by atoms with E-state index in [1.165, 1.54) is 11.6 Å². The molecule has 0 fully saturated rings. The summed E-state index contributed by atoms with van der Waals surface area (Å²) < 4.78 is 12.8. The average molecular weight is 367 g/mol. The summed E-state index contributed by atoms with van der Waals surface area (Å²) in [5, 5.41) is 9.09. The van der Waals surface area contributed by atoms with E-state index in [2.05, 4.69) is 22.9 Å². The Hall–Kier alpha value is -1.46. The van der Waals surface area contributed by atoms with E-state index in [-0.39, 0.29) is 5.56 Å². The molecule has 0 amide bonds. The molecule has 110 valence electrons. The van der Waals surface area contributed by atoms with Crippen LogP contribution < -0.4 is 0 Å². The maximum atomic E-state index is 12.4. The van der Waals surface area contributed by atoms with Gasteiger partial charge in [-0.3, -0.25) is 4.21 Å². The Bertz CT molecular complexity index is 680. The number of rotatable bonds is 5. The lowest BCUT2D eigenvalue weighted by Gasteiger charge is -2.06. The summed E-state index contributed by atoms with van der Waals surface area (Å²) in [4.78, 5) is 11.6. The van der Waals surface area contributed by atoms with Crippen molar-refractivity contribution in [3.05, 3.63) is 63.6 Å². The summed E-state index contributed by atoms with van der Waals surface area (Å²) in [6.45, 7) is 2.09. The van der Waals surface area contributed by atoms with Crippen molar-refractivity contribution in [1.82, 2.24) is 0 Å². The monoisotopic (exact) mass is 366 g/mol. The van der Waals surface area contributed by atoms with Gasteiger partial charge in [-0.2, -0.15) is 0 Å². The molecular weight excluding hydrogens is 352 g/mol. The molecule has 0 spiro atoms. The molecule has 0 heterocycles. The van der Waals surface area contributed by atoms with Crippen molar-refractivity contribution < 1.29 is 14.1 Å². The minimum absolute atomic E-state index is 0.127. The first kappa shape index (κ1) is 15.9. The van der Waals surface area contributed by atoms with Crippen molar-refractivity contribution >= 4 is 32.7 Å². The highest BCUT2D eigenvalue weighted by molar-refractivity contribution is 9.10. The number of hydrogen-bond acceptors (Lipinski definition) is 2. The third kappa shape index (κ3) is 4.02. The van der Waals surface area contributed by atoms with Crippen LogP contribution in [0.2, 0.25) is 0 Å². The van der Waals surface area contributed by atoms with Crippen molar-refractivity contribution in [2.24, 2.45) is 0 Å². The van der Waals surface area contributed by atoms with Crippen molar-refractivity contribution in [2.75, 3.05) is 0 Å². The average Bonchev–Trinajstić information content (AvgIpc) is 2.48. The highest BCUT2D eigenvalue weighted by Gasteiger charge is 2.12. The second kappa shape index (κ2) is 7.00. The standard InChI is InChI=1S/C16H15BrO3S/c1-2-11-3-5-12(6-4-11)10-21(20)13-7-8-15(17)14(9-13)16(18)19/h3-9H,2,10H2,1H3,(H,18,19). The van der Waals surface area contributed by atoms with E-state index < -0.39 is 16.8 Å². The quantitative estimate of drug-likeness (QED) is 0.869. The van der Waals surface area contributed by atoms with Gasteiger partial charge < -0.3 is 5.11 Å². The van der Waals surface area contributed by atoms with Crippen LogP contribution in [-0.2, 0) is 23.0 Å². The number of benzene rings is 2. The van der Waals surface area contributed by atoms with Gasteiger partial charge in [0.1, 0.15) is 0 Å². The molecule has 0 saturated carbocycles. The van der Waals surface area contributed by atoms with Crippen molar-refractivity contribution in [2.45, 2.75) is 24.0 Å². The lowest BCUT2D eigenvalue weighted by molar-refractivity contribution is 0.0695. The van der Waals surface area contributed by atoms with Crippen LogP contribution in [0.4, 0.5) is 0 Å². The third-order valence-corrected chi connectivity index (χ3v) is 5.23. The molecule has 21 heavy (non-hydrogen) atoms. The molecule has 3 nitrogen and oxygen atoms in total. The lowest BCUT2D eigenvalue weighted by Crippen LogP contribution is -2.02.